The fourth-order valence-electron chi connectivity index (χ4n) is 2.19. The molecule has 0 aromatic carbocycles. The molecule has 5 heteroatoms. The summed E-state index contributed by atoms with van der Waals surface area (Å²) in [7, 11) is 0. The Kier molecular flexibility index (Phi) is 13.5. The standard InChI is InChI=1S/C15H30O2S3/c1-5-6-7-8-9-10-11-12-13-15(18-2,19-3)14(16)17-20-4/h5-13H2,1-4H3. The average Bonchev–Trinajstić information content (AvgIpc) is 2.46. The summed E-state index contributed by atoms with van der Waals surface area (Å²) in [6, 6.07) is 0. The van der Waals surface area contributed by atoms with Crippen molar-refractivity contribution in [2.75, 3.05) is 18.8 Å². The molecule has 0 radical (unpaired) electrons. The van der Waals surface area contributed by atoms with E-state index in [4.69, 9.17) is 4.18 Å². The van der Waals surface area contributed by atoms with E-state index >= 15 is 0 Å². The van der Waals surface area contributed by atoms with E-state index in [2.05, 4.69) is 6.92 Å². The molecule has 20 heavy (non-hydrogen) atoms. The lowest BCUT2D eigenvalue weighted by atomic mass is 10.1. The highest BCUT2D eigenvalue weighted by Crippen LogP contribution is 2.40. The minimum absolute atomic E-state index is 0.0899. The number of thioether (sulfide) groups is 2. The number of carbonyl (C=O) groups excluding carboxylic acids is 1. The molecule has 0 amide bonds. The maximum absolute atomic E-state index is 12.1. The van der Waals surface area contributed by atoms with Crippen molar-refractivity contribution in [3.63, 3.8) is 0 Å². The Hall–Kier alpha value is 0.520. The van der Waals surface area contributed by atoms with E-state index in [1.807, 2.05) is 12.5 Å². The monoisotopic (exact) mass is 338 g/mol. The zero-order valence-corrected chi connectivity index (χ0v) is 15.9. The lowest BCUT2D eigenvalue weighted by Crippen LogP contribution is -2.31. The maximum Gasteiger partial charge on any atom is 0.344 e. The highest BCUT2D eigenvalue weighted by molar-refractivity contribution is 8.18. The predicted molar refractivity (Wildman–Crippen MR) is 96.6 cm³/mol. The third-order valence-electron chi connectivity index (χ3n) is 3.49. The fourth-order valence-corrected chi connectivity index (χ4v) is 4.37. The van der Waals surface area contributed by atoms with Crippen molar-refractivity contribution in [3.05, 3.63) is 0 Å². The van der Waals surface area contributed by atoms with Gasteiger partial charge in [0.15, 0.2) is 4.08 Å². The summed E-state index contributed by atoms with van der Waals surface area (Å²) in [5, 5.41) is 0. The Morgan fingerprint density at radius 1 is 0.900 bits per heavy atom. The average molecular weight is 339 g/mol. The third-order valence-corrected chi connectivity index (χ3v) is 6.87. The first-order chi connectivity index (χ1) is 9.66. The lowest BCUT2D eigenvalue weighted by Gasteiger charge is -2.26. The van der Waals surface area contributed by atoms with E-state index in [1.54, 1.807) is 29.8 Å². The summed E-state index contributed by atoms with van der Waals surface area (Å²) in [5.41, 5.74) is 0. The summed E-state index contributed by atoms with van der Waals surface area (Å²) < 4.78 is 4.74. The van der Waals surface area contributed by atoms with Crippen LogP contribution < -0.4 is 0 Å². The summed E-state index contributed by atoms with van der Waals surface area (Å²) in [5.74, 6) is -0.0899. The van der Waals surface area contributed by atoms with Crippen LogP contribution >= 0.6 is 35.6 Å². The summed E-state index contributed by atoms with van der Waals surface area (Å²) in [6.45, 7) is 2.25. The maximum atomic E-state index is 12.1. The summed E-state index contributed by atoms with van der Waals surface area (Å²) in [4.78, 5) is 12.1. The van der Waals surface area contributed by atoms with Gasteiger partial charge in [-0.25, -0.2) is 4.79 Å². The van der Waals surface area contributed by atoms with Crippen molar-refractivity contribution in [1.29, 1.82) is 0 Å². The van der Waals surface area contributed by atoms with E-state index < -0.39 is 4.08 Å². The Morgan fingerprint density at radius 2 is 1.40 bits per heavy atom. The molecule has 0 unspecified atom stereocenters. The van der Waals surface area contributed by atoms with Crippen molar-refractivity contribution in [2.45, 2.75) is 68.8 Å². The van der Waals surface area contributed by atoms with Gasteiger partial charge in [0.1, 0.15) is 0 Å². The van der Waals surface area contributed by atoms with Crippen LogP contribution in [0.2, 0.25) is 0 Å². The first-order valence-corrected chi connectivity index (χ1v) is 11.1. The summed E-state index contributed by atoms with van der Waals surface area (Å²) in [6.07, 6.45) is 17.1. The van der Waals surface area contributed by atoms with Gasteiger partial charge in [-0.1, -0.05) is 58.3 Å². The fraction of sp³-hybridized carbons (Fsp3) is 0.933. The topological polar surface area (TPSA) is 26.3 Å². The molecule has 0 saturated carbocycles. The van der Waals surface area contributed by atoms with Crippen LogP contribution in [0.5, 0.6) is 0 Å². The van der Waals surface area contributed by atoms with Gasteiger partial charge in [0.05, 0.1) is 12.0 Å². The molecule has 0 heterocycles. The van der Waals surface area contributed by atoms with Gasteiger partial charge < -0.3 is 4.18 Å². The molecule has 0 bridgehead atoms. The van der Waals surface area contributed by atoms with Gasteiger partial charge in [-0.2, -0.15) is 0 Å². The normalized spacial score (nSPS) is 11.6. The van der Waals surface area contributed by atoms with Gasteiger partial charge in [-0.05, 0) is 18.9 Å². The number of carbonyl (C=O) groups is 1. The van der Waals surface area contributed by atoms with E-state index in [-0.39, 0.29) is 5.97 Å². The Labute approximate surface area is 138 Å². The molecule has 0 atom stereocenters. The molecule has 0 aliphatic carbocycles. The highest BCUT2D eigenvalue weighted by Gasteiger charge is 2.38. The van der Waals surface area contributed by atoms with Gasteiger partial charge in [0.2, 0.25) is 0 Å². The summed E-state index contributed by atoms with van der Waals surface area (Å²) >= 11 is 4.38. The Balaban J connectivity index is 3.89. The van der Waals surface area contributed by atoms with Crippen LogP contribution in [0.1, 0.15) is 64.7 Å². The van der Waals surface area contributed by atoms with Crippen LogP contribution in [0.4, 0.5) is 0 Å². The SMILES string of the molecule is CCCCCCCCCCC(SC)(SC)C(=O)OSC. The van der Waals surface area contributed by atoms with Gasteiger partial charge in [0, 0.05) is 6.26 Å². The molecule has 0 aliphatic rings. The van der Waals surface area contributed by atoms with Crippen molar-refractivity contribution in [3.8, 4) is 0 Å². The van der Waals surface area contributed by atoms with Crippen LogP contribution in [-0.4, -0.2) is 28.8 Å². The third kappa shape index (κ3) is 8.08. The van der Waals surface area contributed by atoms with Crippen molar-refractivity contribution in [2.24, 2.45) is 0 Å². The van der Waals surface area contributed by atoms with E-state index in [1.165, 1.54) is 44.9 Å². The number of hydrogen-bond donors (Lipinski definition) is 0. The largest absolute Gasteiger partial charge is 0.390 e. The molecule has 0 rings (SSSR count). The zero-order valence-electron chi connectivity index (χ0n) is 13.4. The highest BCUT2D eigenvalue weighted by atomic mass is 32.2. The second-order valence-electron chi connectivity index (χ2n) is 4.92. The van der Waals surface area contributed by atoms with Crippen molar-refractivity contribution in [1.82, 2.24) is 0 Å². The van der Waals surface area contributed by atoms with Crippen molar-refractivity contribution < 1.29 is 8.98 Å². The van der Waals surface area contributed by atoms with Gasteiger partial charge in [0.25, 0.3) is 0 Å². The molecule has 0 fully saturated rings. The molecule has 0 spiro atoms. The Bertz CT molecular complexity index is 243. The van der Waals surface area contributed by atoms with E-state index in [0.717, 1.165) is 24.9 Å². The second-order valence-corrected chi connectivity index (χ2v) is 7.89. The van der Waals surface area contributed by atoms with Crippen LogP contribution in [0.25, 0.3) is 0 Å². The first kappa shape index (κ1) is 20.5. The van der Waals surface area contributed by atoms with Gasteiger partial charge >= 0.3 is 5.97 Å². The van der Waals surface area contributed by atoms with Gasteiger partial charge in [-0.3, -0.25) is 0 Å². The van der Waals surface area contributed by atoms with Crippen molar-refractivity contribution >= 4 is 41.5 Å². The number of rotatable bonds is 13. The number of unbranched alkanes of at least 4 members (excludes halogenated alkanes) is 7. The van der Waals surface area contributed by atoms with Crippen LogP contribution in [0.15, 0.2) is 0 Å². The predicted octanol–water partition coefficient (Wildman–Crippen LogP) is 5.76. The zero-order chi connectivity index (χ0) is 15.3. The Morgan fingerprint density at radius 3 is 1.85 bits per heavy atom. The molecule has 0 N–H and O–H groups in total. The van der Waals surface area contributed by atoms with Crippen LogP contribution in [-0.2, 0) is 8.98 Å². The molecular formula is C15H30O2S3. The second kappa shape index (κ2) is 13.2. The van der Waals surface area contributed by atoms with Crippen LogP contribution in [0, 0.1) is 0 Å². The molecule has 0 aromatic heterocycles. The minimum Gasteiger partial charge on any atom is -0.390 e. The molecule has 120 valence electrons. The molecule has 0 aromatic rings. The quantitative estimate of drug-likeness (QED) is 0.242. The van der Waals surface area contributed by atoms with E-state index in [0.29, 0.717) is 0 Å². The van der Waals surface area contributed by atoms with Crippen LogP contribution in [0.3, 0.4) is 0 Å². The molecular weight excluding hydrogens is 308 g/mol. The molecule has 0 saturated heterocycles. The first-order valence-electron chi connectivity index (χ1n) is 7.52. The smallest absolute Gasteiger partial charge is 0.344 e. The van der Waals surface area contributed by atoms with Gasteiger partial charge in [-0.15, -0.1) is 23.5 Å². The number of hydrogen-bond acceptors (Lipinski definition) is 5. The minimum atomic E-state index is -0.411. The van der Waals surface area contributed by atoms with E-state index in [9.17, 15) is 4.79 Å². The lowest BCUT2D eigenvalue weighted by molar-refractivity contribution is -0.133. The molecule has 0 aliphatic heterocycles. The molecule has 2 nitrogen and oxygen atoms in total.